The van der Waals surface area contributed by atoms with Crippen LogP contribution in [0.2, 0.25) is 0 Å². The topological polar surface area (TPSA) is 174 Å². The maximum atomic E-state index is 14.3. The number of nitrogens with zero attached hydrogens (tertiary/aromatic N) is 2. The molecule has 3 aromatic rings. The highest BCUT2D eigenvalue weighted by Gasteiger charge is 2.46. The largest absolute Gasteiger partial charge is 0.434 e. The van der Waals surface area contributed by atoms with Crippen molar-refractivity contribution < 1.29 is 32.0 Å². The fraction of sp³-hybridized carbons (Fsp3) is 0.556. The molecular formula is C36H49N5O7S. The second-order valence-corrected chi connectivity index (χ2v) is 15.1. The number of ketones is 1. The van der Waals surface area contributed by atoms with E-state index in [4.69, 9.17) is 14.9 Å². The molecule has 1 saturated carbocycles. The molecule has 4 N–H and O–H groups in total. The van der Waals surface area contributed by atoms with Crippen LogP contribution < -0.4 is 15.8 Å². The number of Topliss-reactive ketones (excluding diaryl/α,β-unsaturated/α-hetero) is 1. The van der Waals surface area contributed by atoms with E-state index in [9.17, 15) is 22.8 Å². The zero-order valence-corrected chi connectivity index (χ0v) is 29.0. The number of nitrogens with one attached hydrogen (secondary N) is 2. The van der Waals surface area contributed by atoms with Gasteiger partial charge in [-0.25, -0.2) is 18.1 Å². The summed E-state index contributed by atoms with van der Waals surface area (Å²) in [6, 6.07) is 13.4. The Balaban J connectivity index is 1.39. The van der Waals surface area contributed by atoms with Gasteiger partial charge in [0.25, 0.3) is 5.89 Å². The van der Waals surface area contributed by atoms with E-state index >= 15 is 0 Å². The van der Waals surface area contributed by atoms with E-state index in [0.717, 1.165) is 37.5 Å². The van der Waals surface area contributed by atoms with Gasteiger partial charge in [-0.05, 0) is 81.5 Å². The van der Waals surface area contributed by atoms with Crippen molar-refractivity contribution in [1.29, 1.82) is 0 Å². The summed E-state index contributed by atoms with van der Waals surface area (Å²) in [7, 11) is -3.76. The van der Waals surface area contributed by atoms with Crippen molar-refractivity contribution in [2.45, 2.75) is 94.9 Å². The van der Waals surface area contributed by atoms with Crippen LogP contribution in [-0.4, -0.2) is 86.1 Å². The SMILES string of the molecule is CS(=O)(=O)N[C@H](CCc1ccccc1)C(=O)N1CC[C@H](OCC2CCCCC2)[C@H]1C(=O)N[C@@H](CCCCN)C(=O)c1nc2ccccc2o1. The predicted molar refractivity (Wildman–Crippen MR) is 186 cm³/mol. The van der Waals surface area contributed by atoms with Gasteiger partial charge in [0.15, 0.2) is 5.58 Å². The zero-order chi connectivity index (χ0) is 34.8. The molecule has 0 spiro atoms. The third-order valence-corrected chi connectivity index (χ3v) is 10.2. The average Bonchev–Trinajstić information content (AvgIpc) is 3.73. The number of oxazole rings is 1. The van der Waals surface area contributed by atoms with E-state index in [-0.39, 0.29) is 18.9 Å². The molecule has 2 fully saturated rings. The summed E-state index contributed by atoms with van der Waals surface area (Å²) in [5.74, 6) is -1.26. The molecule has 0 bridgehead atoms. The summed E-state index contributed by atoms with van der Waals surface area (Å²) >= 11 is 0. The molecule has 5 rings (SSSR count). The number of aryl methyl sites for hydroxylation is 1. The molecule has 1 saturated heterocycles. The number of ether oxygens (including phenoxy) is 1. The van der Waals surface area contributed by atoms with E-state index in [1.807, 2.05) is 30.3 Å². The van der Waals surface area contributed by atoms with Gasteiger partial charge in [0.1, 0.15) is 17.6 Å². The lowest BCUT2D eigenvalue weighted by Crippen LogP contribution is -2.58. The van der Waals surface area contributed by atoms with E-state index < -0.39 is 51.9 Å². The van der Waals surface area contributed by atoms with Crippen LogP contribution in [0.5, 0.6) is 0 Å². The van der Waals surface area contributed by atoms with Gasteiger partial charge >= 0.3 is 0 Å². The molecule has 13 heteroatoms. The van der Waals surface area contributed by atoms with Crippen molar-refractivity contribution in [1.82, 2.24) is 19.9 Å². The quantitative estimate of drug-likeness (QED) is 0.140. The molecule has 12 nitrogen and oxygen atoms in total. The van der Waals surface area contributed by atoms with Gasteiger partial charge in [-0.2, -0.15) is 0 Å². The minimum absolute atomic E-state index is 0.109. The van der Waals surface area contributed by atoms with Crippen molar-refractivity contribution in [2.75, 3.05) is 26.0 Å². The summed E-state index contributed by atoms with van der Waals surface area (Å²) < 4.78 is 39.5. The summed E-state index contributed by atoms with van der Waals surface area (Å²) in [6.45, 7) is 1.10. The molecule has 2 aliphatic rings. The number of benzene rings is 2. The molecule has 0 unspecified atom stereocenters. The van der Waals surface area contributed by atoms with Crippen molar-refractivity contribution in [3.8, 4) is 0 Å². The van der Waals surface area contributed by atoms with Crippen molar-refractivity contribution in [2.24, 2.45) is 11.7 Å². The minimum Gasteiger partial charge on any atom is -0.434 e. The molecule has 0 radical (unpaired) electrons. The van der Waals surface area contributed by atoms with Crippen molar-refractivity contribution in [3.05, 3.63) is 66.1 Å². The first-order valence-corrected chi connectivity index (χ1v) is 19.4. The highest BCUT2D eigenvalue weighted by Crippen LogP contribution is 2.28. The Labute approximate surface area is 288 Å². The van der Waals surface area contributed by atoms with Crippen LogP contribution in [0.25, 0.3) is 11.1 Å². The number of para-hydroxylation sites is 2. The number of fused-ring (bicyclic) bond motifs is 1. The van der Waals surface area contributed by atoms with Crippen LogP contribution in [0.3, 0.4) is 0 Å². The normalized spacial score (nSPS) is 19.9. The van der Waals surface area contributed by atoms with E-state index in [2.05, 4.69) is 15.0 Å². The molecule has 2 heterocycles. The van der Waals surface area contributed by atoms with Crippen LogP contribution in [0, 0.1) is 5.92 Å². The Morgan fingerprint density at radius 1 is 0.980 bits per heavy atom. The predicted octanol–water partition coefficient (Wildman–Crippen LogP) is 3.74. The first-order chi connectivity index (χ1) is 23.6. The molecule has 2 amide bonds. The Morgan fingerprint density at radius 2 is 1.71 bits per heavy atom. The number of aromatic nitrogens is 1. The first kappa shape index (κ1) is 36.6. The van der Waals surface area contributed by atoms with E-state index in [1.165, 1.54) is 11.3 Å². The summed E-state index contributed by atoms with van der Waals surface area (Å²) in [5, 5.41) is 2.92. The Kier molecular flexibility index (Phi) is 13.0. The average molecular weight is 696 g/mol. The fourth-order valence-electron chi connectivity index (χ4n) is 6.90. The number of likely N-dealkylation sites (tertiary alicyclic amines) is 1. The first-order valence-electron chi connectivity index (χ1n) is 17.5. The Morgan fingerprint density at radius 3 is 2.43 bits per heavy atom. The summed E-state index contributed by atoms with van der Waals surface area (Å²) in [6.07, 6.45) is 8.53. The van der Waals surface area contributed by atoms with Gasteiger partial charge in [0.05, 0.1) is 18.4 Å². The minimum atomic E-state index is -3.76. The number of rotatable bonds is 17. The standard InChI is InChI=1S/C36H49N5O7S/c1-49(45,46)40-29(20-19-25-12-4-2-5-13-25)36(44)41-23-21-31(47-24-26-14-6-3-7-15-26)32(41)34(43)38-28(17-10-11-22-37)33(42)35-39-27-16-8-9-18-30(27)48-35/h2,4-5,8-9,12-13,16,18,26,28-29,31-32,40H,3,6-7,10-11,14-15,17,19-24,37H2,1H3,(H,38,43)/t28-,29+,31-,32-/m0/s1. The van der Waals surface area contributed by atoms with Gasteiger partial charge in [-0.15, -0.1) is 0 Å². The van der Waals surface area contributed by atoms with Crippen LogP contribution in [0.1, 0.15) is 80.5 Å². The fourth-order valence-corrected chi connectivity index (χ4v) is 7.64. The molecule has 1 aromatic heterocycles. The summed E-state index contributed by atoms with van der Waals surface area (Å²) in [4.78, 5) is 48.1. The number of carbonyl (C=O) groups excluding carboxylic acids is 3. The number of sulfonamides is 1. The lowest BCUT2D eigenvalue weighted by atomic mass is 9.90. The van der Waals surface area contributed by atoms with Gasteiger partial charge in [-0.3, -0.25) is 14.4 Å². The molecule has 266 valence electrons. The molecule has 2 aromatic carbocycles. The highest BCUT2D eigenvalue weighted by molar-refractivity contribution is 7.88. The molecule has 49 heavy (non-hydrogen) atoms. The maximum absolute atomic E-state index is 14.3. The smallest absolute Gasteiger partial charge is 0.266 e. The van der Waals surface area contributed by atoms with Gasteiger partial charge < -0.3 is 25.1 Å². The van der Waals surface area contributed by atoms with Crippen LogP contribution in [0.4, 0.5) is 0 Å². The number of hydrogen-bond acceptors (Lipinski definition) is 9. The lowest BCUT2D eigenvalue weighted by molar-refractivity contribution is -0.143. The monoisotopic (exact) mass is 695 g/mol. The Bertz CT molecular complexity index is 1630. The third kappa shape index (κ3) is 10.2. The van der Waals surface area contributed by atoms with E-state index in [1.54, 1.807) is 24.3 Å². The molecule has 1 aliphatic carbocycles. The van der Waals surface area contributed by atoms with E-state index in [0.29, 0.717) is 62.3 Å². The summed E-state index contributed by atoms with van der Waals surface area (Å²) in [5.41, 5.74) is 7.68. The molecule has 1 aliphatic heterocycles. The lowest BCUT2D eigenvalue weighted by Gasteiger charge is -2.32. The van der Waals surface area contributed by atoms with Crippen LogP contribution in [0.15, 0.2) is 59.0 Å². The van der Waals surface area contributed by atoms with Crippen LogP contribution in [-0.2, 0) is 30.8 Å². The molecular weight excluding hydrogens is 646 g/mol. The van der Waals surface area contributed by atoms with Crippen molar-refractivity contribution >= 4 is 38.7 Å². The Hall–Kier alpha value is -3.65. The zero-order valence-electron chi connectivity index (χ0n) is 28.2. The third-order valence-electron chi connectivity index (χ3n) is 9.47. The maximum Gasteiger partial charge on any atom is 0.266 e. The number of amides is 2. The van der Waals surface area contributed by atoms with Gasteiger partial charge in [-0.1, -0.05) is 61.7 Å². The number of hydrogen-bond donors (Lipinski definition) is 3. The second kappa shape index (κ2) is 17.3. The second-order valence-electron chi connectivity index (χ2n) is 13.3. The van der Waals surface area contributed by atoms with Gasteiger partial charge in [0.2, 0.25) is 27.6 Å². The van der Waals surface area contributed by atoms with Crippen molar-refractivity contribution in [3.63, 3.8) is 0 Å². The molecule has 4 atom stereocenters. The number of carbonyl (C=O) groups is 3. The highest BCUT2D eigenvalue weighted by atomic mass is 32.2. The number of unbranched alkanes of at least 4 members (excludes halogenated alkanes) is 1. The number of nitrogens with two attached hydrogens (primary N) is 1. The van der Waals surface area contributed by atoms with Gasteiger partial charge in [0, 0.05) is 13.2 Å². The van der Waals surface area contributed by atoms with Crippen LogP contribution >= 0.6 is 0 Å².